The molecule has 0 aromatic heterocycles. The largest absolute Gasteiger partial charge is 0.0807 e. The molecule has 0 saturated carbocycles. The Kier molecular flexibility index (Phi) is 1.59. The Labute approximate surface area is 96.0 Å². The van der Waals surface area contributed by atoms with Gasteiger partial charge in [0.2, 0.25) is 0 Å². The van der Waals surface area contributed by atoms with Gasteiger partial charge >= 0.3 is 0 Å². The first-order chi connectivity index (χ1) is 7.93. The van der Waals surface area contributed by atoms with Crippen molar-refractivity contribution in [2.24, 2.45) is 23.7 Å². The highest BCUT2D eigenvalue weighted by molar-refractivity contribution is 5.73. The summed E-state index contributed by atoms with van der Waals surface area (Å²) < 4.78 is 0. The second kappa shape index (κ2) is 2.98. The quantitative estimate of drug-likeness (QED) is 0.615. The summed E-state index contributed by atoms with van der Waals surface area (Å²) in [5.41, 5.74) is 2.94. The van der Waals surface area contributed by atoms with Gasteiger partial charge in [0.15, 0.2) is 0 Å². The molecule has 3 aliphatic rings. The van der Waals surface area contributed by atoms with E-state index in [1.165, 1.54) is 5.56 Å². The minimum atomic E-state index is 0.660. The van der Waals surface area contributed by atoms with E-state index in [2.05, 4.69) is 60.7 Å². The number of hydrogen-bond acceptors (Lipinski definition) is 0. The molecule has 1 aromatic rings. The van der Waals surface area contributed by atoms with Crippen LogP contribution in [0.2, 0.25) is 0 Å². The molecule has 16 heavy (non-hydrogen) atoms. The maximum atomic E-state index is 2.48. The van der Waals surface area contributed by atoms with Gasteiger partial charge < -0.3 is 0 Å². The Bertz CT molecular complexity index is 504. The van der Waals surface area contributed by atoms with Crippen molar-refractivity contribution < 1.29 is 0 Å². The van der Waals surface area contributed by atoms with Gasteiger partial charge in [-0.1, -0.05) is 60.7 Å². The zero-order valence-electron chi connectivity index (χ0n) is 9.08. The Balaban J connectivity index is 1.82. The summed E-state index contributed by atoms with van der Waals surface area (Å²) in [6.07, 6.45) is 12.1. The highest BCUT2D eigenvalue weighted by Crippen LogP contribution is 2.53. The van der Waals surface area contributed by atoms with Crippen LogP contribution >= 0.6 is 0 Å². The molecule has 3 aliphatic carbocycles. The Morgan fingerprint density at radius 2 is 1.50 bits per heavy atom. The molecule has 0 heteroatoms. The molecule has 0 heterocycles. The van der Waals surface area contributed by atoms with Gasteiger partial charge in [0.25, 0.3) is 0 Å². The lowest BCUT2D eigenvalue weighted by atomic mass is 9.85. The fraction of sp³-hybridized carbons (Fsp3) is 0.250. The van der Waals surface area contributed by atoms with Crippen LogP contribution in [0.5, 0.6) is 0 Å². The Hall–Kier alpha value is -1.56. The first kappa shape index (κ1) is 8.58. The van der Waals surface area contributed by atoms with Crippen molar-refractivity contribution in [3.05, 3.63) is 66.3 Å². The van der Waals surface area contributed by atoms with Crippen molar-refractivity contribution in [1.82, 2.24) is 0 Å². The van der Waals surface area contributed by atoms with Gasteiger partial charge in [0, 0.05) is 5.92 Å². The standard InChI is InChI=1S/C16H14/c1-2-4-11(5-3-1)15-10-13-7-6-12-8-9-14(15)16(12)13/h1-10,12-14,16H/t12-,13+,14-,16+/m1/s1. The first-order valence-electron chi connectivity index (χ1n) is 6.07. The lowest BCUT2D eigenvalue weighted by molar-refractivity contribution is 0.423. The predicted molar refractivity (Wildman–Crippen MR) is 66.7 cm³/mol. The van der Waals surface area contributed by atoms with E-state index in [9.17, 15) is 0 Å². The third-order valence-corrected chi connectivity index (χ3v) is 4.24. The van der Waals surface area contributed by atoms with E-state index in [0.717, 1.165) is 5.92 Å². The normalized spacial score (nSPS) is 37.9. The molecule has 0 nitrogen and oxygen atoms in total. The van der Waals surface area contributed by atoms with E-state index in [0.29, 0.717) is 17.8 Å². The molecule has 0 fully saturated rings. The lowest BCUT2D eigenvalue weighted by Gasteiger charge is -2.17. The minimum absolute atomic E-state index is 0.660. The van der Waals surface area contributed by atoms with Crippen LogP contribution in [0.15, 0.2) is 60.7 Å². The maximum absolute atomic E-state index is 2.48. The van der Waals surface area contributed by atoms with E-state index in [-0.39, 0.29) is 0 Å². The predicted octanol–water partition coefficient (Wildman–Crippen LogP) is 3.69. The first-order valence-corrected chi connectivity index (χ1v) is 6.07. The van der Waals surface area contributed by atoms with E-state index in [4.69, 9.17) is 0 Å². The average Bonchev–Trinajstić information content (AvgIpc) is 2.99. The number of benzene rings is 1. The van der Waals surface area contributed by atoms with Gasteiger partial charge in [0.05, 0.1) is 0 Å². The van der Waals surface area contributed by atoms with E-state index >= 15 is 0 Å². The fourth-order valence-electron chi connectivity index (χ4n) is 3.53. The second-order valence-electron chi connectivity index (χ2n) is 5.02. The molecular weight excluding hydrogens is 192 g/mol. The zero-order valence-corrected chi connectivity index (χ0v) is 9.08. The summed E-state index contributed by atoms with van der Waals surface area (Å²) in [5, 5.41) is 0. The van der Waals surface area contributed by atoms with Crippen LogP contribution in [0, 0.1) is 23.7 Å². The highest BCUT2D eigenvalue weighted by Gasteiger charge is 2.44. The molecule has 0 N–H and O–H groups in total. The van der Waals surface area contributed by atoms with Crippen molar-refractivity contribution in [1.29, 1.82) is 0 Å². The van der Waals surface area contributed by atoms with Crippen LogP contribution in [-0.2, 0) is 0 Å². The van der Waals surface area contributed by atoms with Gasteiger partial charge in [0.1, 0.15) is 0 Å². The summed E-state index contributed by atoms with van der Waals surface area (Å²) in [6, 6.07) is 10.8. The highest BCUT2D eigenvalue weighted by atomic mass is 14.5. The topological polar surface area (TPSA) is 0 Å². The molecule has 0 aliphatic heterocycles. The van der Waals surface area contributed by atoms with Crippen molar-refractivity contribution in [2.75, 3.05) is 0 Å². The molecule has 0 saturated heterocycles. The number of rotatable bonds is 1. The van der Waals surface area contributed by atoms with Crippen LogP contribution < -0.4 is 0 Å². The molecule has 0 amide bonds. The van der Waals surface area contributed by atoms with Crippen molar-refractivity contribution in [2.45, 2.75) is 0 Å². The molecule has 1 aromatic carbocycles. The summed E-state index contributed by atoms with van der Waals surface area (Å²) >= 11 is 0. The van der Waals surface area contributed by atoms with Crippen molar-refractivity contribution >= 4 is 5.57 Å². The van der Waals surface area contributed by atoms with Gasteiger partial charge in [-0.25, -0.2) is 0 Å². The summed E-state index contributed by atoms with van der Waals surface area (Å²) in [5.74, 6) is 2.84. The lowest BCUT2D eigenvalue weighted by Crippen LogP contribution is -2.12. The van der Waals surface area contributed by atoms with E-state index < -0.39 is 0 Å². The van der Waals surface area contributed by atoms with Crippen LogP contribution in [0.4, 0.5) is 0 Å². The molecule has 0 unspecified atom stereocenters. The van der Waals surface area contributed by atoms with Gasteiger partial charge in [-0.3, -0.25) is 0 Å². The summed E-state index contributed by atoms with van der Waals surface area (Å²) in [7, 11) is 0. The monoisotopic (exact) mass is 206 g/mol. The second-order valence-corrected chi connectivity index (χ2v) is 5.02. The van der Waals surface area contributed by atoms with E-state index in [1.807, 2.05) is 0 Å². The van der Waals surface area contributed by atoms with Crippen molar-refractivity contribution in [3.8, 4) is 0 Å². The summed E-state index contributed by atoms with van der Waals surface area (Å²) in [4.78, 5) is 0. The van der Waals surface area contributed by atoms with Crippen LogP contribution in [-0.4, -0.2) is 0 Å². The molecule has 0 spiro atoms. The zero-order chi connectivity index (χ0) is 10.5. The number of allylic oxidation sites excluding steroid dienone is 6. The molecule has 4 rings (SSSR count). The Morgan fingerprint density at radius 3 is 2.38 bits per heavy atom. The molecule has 0 bridgehead atoms. The fourth-order valence-corrected chi connectivity index (χ4v) is 3.53. The van der Waals surface area contributed by atoms with Crippen LogP contribution in [0.1, 0.15) is 5.56 Å². The molecular formula is C16H14. The average molecular weight is 206 g/mol. The third kappa shape index (κ3) is 0.996. The van der Waals surface area contributed by atoms with Gasteiger partial charge in [-0.15, -0.1) is 0 Å². The third-order valence-electron chi connectivity index (χ3n) is 4.24. The van der Waals surface area contributed by atoms with Crippen molar-refractivity contribution in [3.63, 3.8) is 0 Å². The molecule has 0 radical (unpaired) electrons. The van der Waals surface area contributed by atoms with E-state index in [1.54, 1.807) is 5.57 Å². The van der Waals surface area contributed by atoms with Gasteiger partial charge in [-0.05, 0) is 28.9 Å². The van der Waals surface area contributed by atoms with Crippen LogP contribution in [0.25, 0.3) is 5.57 Å². The van der Waals surface area contributed by atoms with Crippen LogP contribution in [0.3, 0.4) is 0 Å². The SMILES string of the molecule is C1=C[C@H]2C=C(c3ccccc3)[C@H]3C=C[C@@H]1[C@@H]23. The summed E-state index contributed by atoms with van der Waals surface area (Å²) in [6.45, 7) is 0. The van der Waals surface area contributed by atoms with Gasteiger partial charge in [-0.2, -0.15) is 0 Å². The smallest absolute Gasteiger partial charge is 0.00667 e. The Morgan fingerprint density at radius 1 is 0.750 bits per heavy atom. The number of hydrogen-bond donors (Lipinski definition) is 0. The minimum Gasteiger partial charge on any atom is -0.0807 e. The maximum Gasteiger partial charge on any atom is 0.00667 e. The molecule has 78 valence electrons. The molecule has 4 atom stereocenters.